The minimum atomic E-state index is -2.91. The summed E-state index contributed by atoms with van der Waals surface area (Å²) in [6.45, 7) is 0. The smallest absolute Gasteiger partial charge is 0.462 e. The average molecular weight is 536 g/mol. The predicted octanol–water partition coefficient (Wildman–Crippen LogP) is 7.49. The fourth-order valence-corrected chi connectivity index (χ4v) is 5.97. The van der Waals surface area contributed by atoms with Crippen molar-refractivity contribution in [3.8, 4) is 5.75 Å². The highest BCUT2D eigenvalue weighted by atomic mass is 35.5. The van der Waals surface area contributed by atoms with Crippen LogP contribution in [0.25, 0.3) is 0 Å². The third-order valence-electron chi connectivity index (χ3n) is 4.30. The molecule has 0 aliphatic heterocycles. The van der Waals surface area contributed by atoms with Gasteiger partial charge in [-0.15, -0.1) is 0 Å². The average Bonchev–Trinajstić information content (AvgIpc) is 2.77. The van der Waals surface area contributed by atoms with Crippen molar-refractivity contribution in [1.29, 1.82) is 0 Å². The number of hydrogen-bond acceptors (Lipinski definition) is 4. The second kappa shape index (κ2) is 9.87. The van der Waals surface area contributed by atoms with E-state index in [1.165, 1.54) is 19.2 Å². The maximum atomic E-state index is 13.2. The van der Waals surface area contributed by atoms with E-state index in [9.17, 15) is 14.2 Å². The molecule has 10 heteroatoms. The number of halogens is 5. The van der Waals surface area contributed by atoms with Gasteiger partial charge in [-0.2, -0.15) is 0 Å². The van der Waals surface area contributed by atoms with Gasteiger partial charge in [-0.1, -0.05) is 99.0 Å². The molecule has 0 saturated heterocycles. The molecule has 0 spiro atoms. The Morgan fingerprint density at radius 1 is 0.774 bits per heavy atom. The minimum absolute atomic E-state index is 0.0352. The highest BCUT2D eigenvalue weighted by Crippen LogP contribution is 2.44. The number of ether oxygens (including phenoxy) is 1. The number of hydrogen-bond donors (Lipinski definition) is 0. The van der Waals surface area contributed by atoms with Crippen molar-refractivity contribution in [2.45, 2.75) is 0 Å². The van der Waals surface area contributed by atoms with Gasteiger partial charge in [0.25, 0.3) is 0 Å². The summed E-state index contributed by atoms with van der Waals surface area (Å²) >= 11 is 31.4. The molecule has 3 aromatic rings. The first-order chi connectivity index (χ1) is 14.7. The van der Waals surface area contributed by atoms with Gasteiger partial charge in [0, 0.05) is 5.56 Å². The molecule has 0 heterocycles. The Morgan fingerprint density at radius 2 is 1.35 bits per heavy atom. The van der Waals surface area contributed by atoms with Gasteiger partial charge in [0.05, 0.1) is 27.7 Å². The second-order valence-electron chi connectivity index (χ2n) is 6.09. The predicted molar refractivity (Wildman–Crippen MR) is 126 cm³/mol. The van der Waals surface area contributed by atoms with Crippen LogP contribution in [0.15, 0.2) is 48.5 Å². The lowest BCUT2D eigenvalue weighted by Gasteiger charge is -2.11. The molecule has 0 aliphatic carbocycles. The van der Waals surface area contributed by atoms with Crippen LogP contribution in [0.2, 0.25) is 25.1 Å². The van der Waals surface area contributed by atoms with Crippen LogP contribution in [0.5, 0.6) is 5.75 Å². The zero-order chi connectivity index (χ0) is 22.9. The molecule has 0 N–H and O–H groups in total. The summed E-state index contributed by atoms with van der Waals surface area (Å²) in [6.07, 6.45) is 0. The first-order valence-corrected chi connectivity index (χ1v) is 11.6. The zero-order valence-corrected chi connectivity index (χ0v) is 20.3. The van der Waals surface area contributed by atoms with Crippen LogP contribution in [0.3, 0.4) is 0 Å². The quantitative estimate of drug-likeness (QED) is 0.186. The number of carbonyl (C=O) groups excluding carboxylic acids is 2. The van der Waals surface area contributed by atoms with E-state index in [4.69, 9.17) is 62.7 Å². The van der Waals surface area contributed by atoms with Crippen molar-refractivity contribution in [2.24, 2.45) is 0 Å². The minimum Gasteiger partial charge on any atom is -0.496 e. The molecular weight excluding hydrogens is 524 g/mol. The molecule has 0 radical (unpaired) electrons. The molecular formula is C21H11Cl5O4P+. The van der Waals surface area contributed by atoms with Crippen LogP contribution >= 0.6 is 65.8 Å². The summed E-state index contributed by atoms with van der Waals surface area (Å²) < 4.78 is 18.3. The van der Waals surface area contributed by atoms with Crippen molar-refractivity contribution >= 4 is 82.4 Å². The molecule has 3 rings (SSSR count). The van der Waals surface area contributed by atoms with Crippen LogP contribution in [-0.2, 0) is 4.57 Å². The molecule has 1 atom stereocenters. The summed E-state index contributed by atoms with van der Waals surface area (Å²) in [5, 5.41) is -1.39. The Balaban J connectivity index is 2.15. The summed E-state index contributed by atoms with van der Waals surface area (Å²) in [4.78, 5) is 25.9. The van der Waals surface area contributed by atoms with E-state index in [-0.39, 0.29) is 47.3 Å². The van der Waals surface area contributed by atoms with Gasteiger partial charge in [-0.25, -0.2) is 4.79 Å². The monoisotopic (exact) mass is 533 g/mol. The lowest BCUT2D eigenvalue weighted by atomic mass is 10.0. The Bertz CT molecular complexity index is 1200. The van der Waals surface area contributed by atoms with Crippen LogP contribution in [0.4, 0.5) is 0 Å². The highest BCUT2D eigenvalue weighted by Gasteiger charge is 2.43. The van der Waals surface area contributed by atoms with Crippen molar-refractivity contribution in [1.82, 2.24) is 0 Å². The van der Waals surface area contributed by atoms with Crippen LogP contribution in [0.1, 0.15) is 26.3 Å². The lowest BCUT2D eigenvalue weighted by Crippen LogP contribution is -2.13. The van der Waals surface area contributed by atoms with Gasteiger partial charge in [0.2, 0.25) is 5.30 Å². The van der Waals surface area contributed by atoms with E-state index >= 15 is 0 Å². The van der Waals surface area contributed by atoms with Crippen LogP contribution in [0, 0.1) is 0 Å². The maximum absolute atomic E-state index is 13.2. The molecule has 0 aliphatic rings. The summed E-state index contributed by atoms with van der Waals surface area (Å²) in [6, 6.07) is 12.7. The fourth-order valence-electron chi connectivity index (χ4n) is 2.82. The molecule has 3 aromatic carbocycles. The van der Waals surface area contributed by atoms with Gasteiger partial charge in [0.15, 0.2) is 5.78 Å². The van der Waals surface area contributed by atoms with Crippen LogP contribution in [-0.4, -0.2) is 18.4 Å². The molecule has 0 saturated carbocycles. The van der Waals surface area contributed by atoms with E-state index in [1.54, 1.807) is 36.4 Å². The molecule has 0 amide bonds. The van der Waals surface area contributed by atoms with Gasteiger partial charge in [-0.3, -0.25) is 4.79 Å². The summed E-state index contributed by atoms with van der Waals surface area (Å²) in [5.41, 5.74) is -0.834. The van der Waals surface area contributed by atoms with Crippen molar-refractivity contribution in [2.75, 3.05) is 7.11 Å². The van der Waals surface area contributed by atoms with Crippen LogP contribution < -0.4 is 10.0 Å². The number of rotatable bonds is 6. The van der Waals surface area contributed by atoms with Gasteiger partial charge < -0.3 is 4.74 Å². The molecule has 0 aromatic heterocycles. The summed E-state index contributed by atoms with van der Waals surface area (Å²) in [7, 11) is -1.57. The maximum Gasteiger partial charge on any atom is 0.462 e. The Kier molecular flexibility index (Phi) is 7.64. The lowest BCUT2D eigenvalue weighted by molar-refractivity contribution is 0.103. The SMILES string of the molecule is COc1cccc(Cl)c1C(=O)[P+](=O)c1c(Cl)c(Cl)c(C(=O)c2ccccc2)c(Cl)c1Cl. The zero-order valence-electron chi connectivity index (χ0n) is 15.6. The number of ketones is 1. The first-order valence-electron chi connectivity index (χ1n) is 8.50. The molecule has 1 unspecified atom stereocenters. The number of benzene rings is 3. The van der Waals surface area contributed by atoms with E-state index in [2.05, 4.69) is 0 Å². The number of methoxy groups -OCH3 is 1. The molecule has 158 valence electrons. The van der Waals surface area contributed by atoms with Crippen molar-refractivity contribution in [3.63, 3.8) is 0 Å². The molecule has 4 nitrogen and oxygen atoms in total. The van der Waals surface area contributed by atoms with E-state index in [0.717, 1.165) is 0 Å². The Labute approximate surface area is 203 Å². The second-order valence-corrected chi connectivity index (χ2v) is 9.45. The number of carbonyl (C=O) groups is 2. The normalized spacial score (nSPS) is 11.2. The largest absolute Gasteiger partial charge is 0.496 e. The Hall–Kier alpha value is -1.65. The molecule has 0 fully saturated rings. The van der Waals surface area contributed by atoms with Gasteiger partial charge in [0.1, 0.15) is 21.4 Å². The van der Waals surface area contributed by atoms with Crippen molar-refractivity contribution < 1.29 is 18.9 Å². The topological polar surface area (TPSA) is 60.4 Å². The standard InChI is InChI=1S/C21H11Cl5O4P/c1-30-12-9-5-8-11(22)13(12)21(28)31(29)20-17(25)15(23)14(16(24)18(20)26)19(27)10-6-3-2-4-7-10/h2-9H,1H3/q+1. The van der Waals surface area contributed by atoms with E-state index in [1.807, 2.05) is 0 Å². The van der Waals surface area contributed by atoms with Gasteiger partial charge in [-0.05, 0) is 12.1 Å². The summed E-state index contributed by atoms with van der Waals surface area (Å²) in [5.74, 6) is -0.401. The highest BCUT2D eigenvalue weighted by molar-refractivity contribution is 7.72. The van der Waals surface area contributed by atoms with Gasteiger partial charge >= 0.3 is 13.3 Å². The molecule has 0 bridgehead atoms. The van der Waals surface area contributed by atoms with E-state index < -0.39 is 19.1 Å². The third kappa shape index (κ3) is 4.47. The Morgan fingerprint density at radius 3 is 1.90 bits per heavy atom. The molecule has 31 heavy (non-hydrogen) atoms. The van der Waals surface area contributed by atoms with E-state index in [0.29, 0.717) is 5.56 Å². The van der Waals surface area contributed by atoms with Crippen molar-refractivity contribution in [3.05, 3.63) is 90.3 Å². The third-order valence-corrected chi connectivity index (χ3v) is 8.03. The fraction of sp³-hybridized carbons (Fsp3) is 0.0476. The first kappa shape index (κ1) is 24.0.